The Kier molecular flexibility index (Phi) is 6.35. The number of hydrogen-bond donors (Lipinski definition) is 1. The van der Waals surface area contributed by atoms with E-state index in [0.29, 0.717) is 23.2 Å². The van der Waals surface area contributed by atoms with Crippen molar-refractivity contribution in [3.05, 3.63) is 92.6 Å². The van der Waals surface area contributed by atoms with Crippen molar-refractivity contribution in [2.45, 2.75) is 46.6 Å². The van der Waals surface area contributed by atoms with Crippen molar-refractivity contribution in [3.8, 4) is 0 Å². The quantitative estimate of drug-likeness (QED) is 0.456. The molecule has 0 saturated heterocycles. The van der Waals surface area contributed by atoms with Gasteiger partial charge in [-0.1, -0.05) is 43.2 Å². The van der Waals surface area contributed by atoms with E-state index >= 15 is 0 Å². The molecule has 8 heteroatoms. The minimum atomic E-state index is -0.357. The summed E-state index contributed by atoms with van der Waals surface area (Å²) in [5, 5.41) is 2.96. The van der Waals surface area contributed by atoms with E-state index in [-0.39, 0.29) is 35.6 Å². The predicted octanol–water partition coefficient (Wildman–Crippen LogP) is 4.36. The summed E-state index contributed by atoms with van der Waals surface area (Å²) in [5.41, 5.74) is 3.29. The van der Waals surface area contributed by atoms with Gasteiger partial charge in [-0.2, -0.15) is 9.50 Å². The van der Waals surface area contributed by atoms with Crippen molar-refractivity contribution in [2.24, 2.45) is 0 Å². The zero-order valence-corrected chi connectivity index (χ0v) is 18.9. The predicted molar refractivity (Wildman–Crippen MR) is 125 cm³/mol. The van der Waals surface area contributed by atoms with Gasteiger partial charge in [-0.15, -0.1) is 0 Å². The normalized spacial score (nSPS) is 11.2. The average molecular weight is 448 g/mol. The summed E-state index contributed by atoms with van der Waals surface area (Å²) in [5.74, 6) is -0.255. The fourth-order valence-corrected chi connectivity index (χ4v) is 3.67. The standard InChI is InChI=1S/C25H26FN5O2/c1-4-5-6-21-17(3)27-24-28-25(29-31(24)23(21)33)30(15-18-9-13-20(26)14-10-18)22(32)19-11-7-16(2)8-12-19/h7-14H,4-6,15H2,1-3H3,(H,27,28,29). The van der Waals surface area contributed by atoms with Gasteiger partial charge in [-0.25, -0.2) is 9.37 Å². The first-order chi connectivity index (χ1) is 15.9. The van der Waals surface area contributed by atoms with Crippen molar-refractivity contribution >= 4 is 17.6 Å². The van der Waals surface area contributed by atoms with Gasteiger partial charge in [0.2, 0.25) is 5.95 Å². The minimum Gasteiger partial charge on any atom is -0.272 e. The Morgan fingerprint density at radius 3 is 2.42 bits per heavy atom. The number of unbranched alkanes of at least 4 members (excludes halogenated alkanes) is 1. The maximum absolute atomic E-state index is 13.4. The van der Waals surface area contributed by atoms with Crippen LogP contribution >= 0.6 is 0 Å². The molecule has 1 amide bonds. The molecule has 0 aliphatic rings. The molecule has 0 atom stereocenters. The van der Waals surface area contributed by atoms with Crippen LogP contribution in [0, 0.1) is 19.7 Å². The van der Waals surface area contributed by atoms with E-state index in [0.717, 1.165) is 24.0 Å². The molecule has 0 bridgehead atoms. The highest BCUT2D eigenvalue weighted by molar-refractivity contribution is 6.05. The van der Waals surface area contributed by atoms with Crippen LogP contribution in [0.3, 0.4) is 0 Å². The Hall–Kier alpha value is -3.81. The van der Waals surface area contributed by atoms with Gasteiger partial charge in [-0.05, 0) is 56.5 Å². The lowest BCUT2D eigenvalue weighted by atomic mass is 10.1. The number of aromatic amines is 1. The Balaban J connectivity index is 1.79. The Morgan fingerprint density at radius 1 is 1.06 bits per heavy atom. The second kappa shape index (κ2) is 9.36. The van der Waals surface area contributed by atoms with Crippen LogP contribution < -0.4 is 10.5 Å². The van der Waals surface area contributed by atoms with Crippen LogP contribution in [0.25, 0.3) is 5.78 Å². The summed E-state index contributed by atoms with van der Waals surface area (Å²) < 4.78 is 14.7. The number of rotatable bonds is 7. The summed E-state index contributed by atoms with van der Waals surface area (Å²) in [6.45, 7) is 5.95. The Bertz CT molecular complexity index is 1340. The van der Waals surface area contributed by atoms with E-state index in [1.54, 1.807) is 31.2 Å². The fourth-order valence-electron chi connectivity index (χ4n) is 3.67. The summed E-state index contributed by atoms with van der Waals surface area (Å²) in [6.07, 6.45) is 2.48. The molecule has 2 aromatic heterocycles. The molecule has 0 aliphatic heterocycles. The first-order valence-corrected chi connectivity index (χ1v) is 11.0. The smallest absolute Gasteiger partial charge is 0.272 e. The number of carbonyl (C=O) groups excluding carboxylic acids is 1. The van der Waals surface area contributed by atoms with E-state index in [4.69, 9.17) is 0 Å². The third kappa shape index (κ3) is 4.69. The Morgan fingerprint density at radius 2 is 1.76 bits per heavy atom. The van der Waals surface area contributed by atoms with Crippen molar-refractivity contribution < 1.29 is 9.18 Å². The van der Waals surface area contributed by atoms with Gasteiger partial charge < -0.3 is 0 Å². The van der Waals surface area contributed by atoms with Crippen LogP contribution in [0.1, 0.15) is 52.5 Å². The van der Waals surface area contributed by atoms with Crippen LogP contribution in [-0.4, -0.2) is 25.5 Å². The molecule has 33 heavy (non-hydrogen) atoms. The Labute approximate surface area is 190 Å². The molecule has 0 aliphatic carbocycles. The van der Waals surface area contributed by atoms with Crippen molar-refractivity contribution in [2.75, 3.05) is 4.90 Å². The number of anilines is 1. The van der Waals surface area contributed by atoms with Crippen molar-refractivity contribution in [1.82, 2.24) is 19.6 Å². The van der Waals surface area contributed by atoms with E-state index < -0.39 is 0 Å². The number of amides is 1. The molecule has 170 valence electrons. The SMILES string of the molecule is CCCCc1c(C)nc2nc(N(Cc3ccc(F)cc3)C(=O)c3ccc(C)cc3)[nH]n2c1=O. The number of halogens is 1. The zero-order valence-electron chi connectivity index (χ0n) is 18.9. The van der Waals surface area contributed by atoms with Crippen LogP contribution in [-0.2, 0) is 13.0 Å². The monoisotopic (exact) mass is 447 g/mol. The van der Waals surface area contributed by atoms with Crippen molar-refractivity contribution in [3.63, 3.8) is 0 Å². The topological polar surface area (TPSA) is 83.4 Å². The summed E-state index contributed by atoms with van der Waals surface area (Å²) in [6, 6.07) is 13.1. The minimum absolute atomic E-state index is 0.142. The van der Waals surface area contributed by atoms with Gasteiger partial charge in [0, 0.05) is 11.1 Å². The molecule has 0 saturated carbocycles. The largest absolute Gasteiger partial charge is 0.277 e. The lowest BCUT2D eigenvalue weighted by molar-refractivity contribution is 0.0983. The molecule has 7 nitrogen and oxygen atoms in total. The number of aromatic nitrogens is 4. The molecule has 0 fully saturated rings. The second-order valence-electron chi connectivity index (χ2n) is 8.15. The first-order valence-electron chi connectivity index (χ1n) is 11.0. The summed E-state index contributed by atoms with van der Waals surface area (Å²) in [7, 11) is 0. The lowest BCUT2D eigenvalue weighted by Crippen LogP contribution is -2.31. The molecule has 2 heterocycles. The zero-order chi connectivity index (χ0) is 23.5. The van der Waals surface area contributed by atoms with Gasteiger partial charge in [0.1, 0.15) is 5.82 Å². The third-order valence-electron chi connectivity index (χ3n) is 5.62. The summed E-state index contributed by atoms with van der Waals surface area (Å²) in [4.78, 5) is 36.9. The van der Waals surface area contributed by atoms with Crippen LogP contribution in [0.4, 0.5) is 10.3 Å². The van der Waals surface area contributed by atoms with Gasteiger partial charge >= 0.3 is 0 Å². The molecular weight excluding hydrogens is 421 g/mol. The highest BCUT2D eigenvalue weighted by atomic mass is 19.1. The number of fused-ring (bicyclic) bond motifs is 1. The molecule has 0 spiro atoms. The van der Waals surface area contributed by atoms with Gasteiger partial charge in [0.25, 0.3) is 17.2 Å². The number of hydrogen-bond acceptors (Lipinski definition) is 4. The number of carbonyl (C=O) groups is 1. The highest BCUT2D eigenvalue weighted by Crippen LogP contribution is 2.19. The van der Waals surface area contributed by atoms with E-state index in [2.05, 4.69) is 22.0 Å². The van der Waals surface area contributed by atoms with Crippen LogP contribution in [0.5, 0.6) is 0 Å². The fraction of sp³-hybridized carbons (Fsp3) is 0.280. The van der Waals surface area contributed by atoms with Gasteiger partial charge in [0.05, 0.1) is 12.2 Å². The molecule has 0 unspecified atom stereocenters. The van der Waals surface area contributed by atoms with E-state index in [1.807, 2.05) is 19.1 Å². The van der Waals surface area contributed by atoms with Crippen molar-refractivity contribution in [1.29, 1.82) is 0 Å². The molecule has 0 radical (unpaired) electrons. The van der Waals surface area contributed by atoms with Gasteiger partial charge in [0.15, 0.2) is 0 Å². The summed E-state index contributed by atoms with van der Waals surface area (Å²) >= 11 is 0. The number of nitrogens with zero attached hydrogens (tertiary/aromatic N) is 4. The molecule has 1 N–H and O–H groups in total. The number of aryl methyl sites for hydroxylation is 2. The second-order valence-corrected chi connectivity index (χ2v) is 8.15. The first kappa shape index (κ1) is 22.4. The molecular formula is C25H26FN5O2. The molecule has 2 aromatic carbocycles. The van der Waals surface area contributed by atoms with Crippen LogP contribution in [0.2, 0.25) is 0 Å². The number of H-pyrrole nitrogens is 1. The lowest BCUT2D eigenvalue weighted by Gasteiger charge is -2.20. The van der Waals surface area contributed by atoms with E-state index in [1.165, 1.54) is 21.5 Å². The maximum atomic E-state index is 13.4. The third-order valence-corrected chi connectivity index (χ3v) is 5.62. The molecule has 4 aromatic rings. The number of benzene rings is 2. The van der Waals surface area contributed by atoms with Crippen LogP contribution in [0.15, 0.2) is 53.3 Å². The average Bonchev–Trinajstić information content (AvgIpc) is 3.22. The highest BCUT2D eigenvalue weighted by Gasteiger charge is 2.23. The van der Waals surface area contributed by atoms with Gasteiger partial charge in [-0.3, -0.25) is 19.6 Å². The maximum Gasteiger partial charge on any atom is 0.277 e. The number of nitrogens with one attached hydrogen (secondary N) is 1. The molecule has 4 rings (SSSR count). The van der Waals surface area contributed by atoms with E-state index in [9.17, 15) is 14.0 Å².